The highest BCUT2D eigenvalue weighted by atomic mass is 35.5. The van der Waals surface area contributed by atoms with E-state index in [1.54, 1.807) is 35.7 Å². The molecule has 1 aliphatic heterocycles. The van der Waals surface area contributed by atoms with Crippen LogP contribution in [0.5, 0.6) is 0 Å². The molecule has 1 aliphatic rings. The number of piperidine rings is 1. The summed E-state index contributed by atoms with van der Waals surface area (Å²) in [5.74, 6) is -0.536. The number of nitrogens with zero attached hydrogens (tertiary/aromatic N) is 1. The van der Waals surface area contributed by atoms with Crippen molar-refractivity contribution in [2.24, 2.45) is 5.92 Å². The number of hydrogen-bond acceptors (Lipinski definition) is 4. The Balaban J connectivity index is 1.63. The number of sulfonamides is 1. The van der Waals surface area contributed by atoms with Gasteiger partial charge in [0, 0.05) is 29.7 Å². The van der Waals surface area contributed by atoms with Crippen LogP contribution in [0.15, 0.2) is 39.9 Å². The molecule has 0 spiro atoms. The van der Waals surface area contributed by atoms with Crippen molar-refractivity contribution in [3.8, 4) is 0 Å². The van der Waals surface area contributed by atoms with Crippen molar-refractivity contribution in [1.82, 2.24) is 9.62 Å². The maximum atomic E-state index is 12.6. The Kier molecular flexibility index (Phi) is 6.25. The van der Waals surface area contributed by atoms with Crippen LogP contribution in [0, 0.1) is 5.92 Å². The number of rotatable bonds is 5. The maximum Gasteiger partial charge on any atom is 0.252 e. The van der Waals surface area contributed by atoms with Gasteiger partial charge in [-0.1, -0.05) is 35.3 Å². The van der Waals surface area contributed by atoms with Crippen molar-refractivity contribution in [2.45, 2.75) is 23.6 Å². The van der Waals surface area contributed by atoms with Gasteiger partial charge in [-0.2, -0.15) is 4.31 Å². The third kappa shape index (κ3) is 4.40. The Morgan fingerprint density at radius 2 is 2.12 bits per heavy atom. The van der Waals surface area contributed by atoms with Gasteiger partial charge in [0.15, 0.2) is 0 Å². The van der Waals surface area contributed by atoms with E-state index in [1.807, 2.05) is 0 Å². The van der Waals surface area contributed by atoms with Crippen LogP contribution in [0.2, 0.25) is 10.0 Å². The summed E-state index contributed by atoms with van der Waals surface area (Å²) in [6, 6.07) is 8.40. The highest BCUT2D eigenvalue weighted by molar-refractivity contribution is 7.91. The van der Waals surface area contributed by atoms with E-state index in [4.69, 9.17) is 23.2 Å². The van der Waals surface area contributed by atoms with Gasteiger partial charge in [-0.15, -0.1) is 11.3 Å². The number of benzene rings is 1. The molecular weight excluding hydrogens is 415 g/mol. The lowest BCUT2D eigenvalue weighted by Crippen LogP contribution is -2.45. The number of carbonyl (C=O) groups excluding carboxylic acids is 1. The fourth-order valence-corrected chi connectivity index (χ4v) is 6.05. The molecule has 1 amide bonds. The number of amides is 1. The topological polar surface area (TPSA) is 66.5 Å². The molecule has 1 saturated heterocycles. The third-order valence-corrected chi connectivity index (χ3v) is 8.14. The summed E-state index contributed by atoms with van der Waals surface area (Å²) in [6.45, 7) is 0.913. The molecule has 2 aromatic rings. The predicted octanol–water partition coefficient (Wildman–Crippen LogP) is 3.77. The van der Waals surface area contributed by atoms with Crippen molar-refractivity contribution in [3.63, 3.8) is 0 Å². The minimum Gasteiger partial charge on any atom is -0.352 e. The summed E-state index contributed by atoms with van der Waals surface area (Å²) >= 11 is 13.2. The molecule has 0 bridgehead atoms. The minimum atomic E-state index is -3.53. The summed E-state index contributed by atoms with van der Waals surface area (Å²) in [6.07, 6.45) is 1.32. The third-order valence-electron chi connectivity index (χ3n) is 4.31. The quantitative estimate of drug-likeness (QED) is 0.781. The Labute approximate surface area is 167 Å². The first-order chi connectivity index (χ1) is 12.4. The first kappa shape index (κ1) is 19.6. The molecule has 0 radical (unpaired) electrons. The number of nitrogens with one attached hydrogen (secondary N) is 1. The van der Waals surface area contributed by atoms with Crippen LogP contribution >= 0.6 is 34.5 Å². The largest absolute Gasteiger partial charge is 0.352 e. The molecule has 1 atom stereocenters. The van der Waals surface area contributed by atoms with Crippen LogP contribution in [-0.2, 0) is 21.4 Å². The Morgan fingerprint density at radius 3 is 2.81 bits per heavy atom. The van der Waals surface area contributed by atoms with Crippen LogP contribution in [0.3, 0.4) is 0 Å². The number of halogens is 2. The zero-order valence-electron chi connectivity index (χ0n) is 13.8. The Bertz CT molecular complexity index is 885. The molecule has 26 heavy (non-hydrogen) atoms. The van der Waals surface area contributed by atoms with Crippen LogP contribution in [0.1, 0.15) is 18.4 Å². The highest BCUT2D eigenvalue weighted by Gasteiger charge is 2.33. The minimum absolute atomic E-state index is 0.165. The van der Waals surface area contributed by atoms with E-state index in [1.165, 1.54) is 15.6 Å². The Morgan fingerprint density at radius 1 is 1.31 bits per heavy atom. The van der Waals surface area contributed by atoms with Gasteiger partial charge in [0.1, 0.15) is 4.21 Å². The average Bonchev–Trinajstić information content (AvgIpc) is 3.16. The van der Waals surface area contributed by atoms with Gasteiger partial charge in [-0.05, 0) is 42.0 Å². The molecule has 0 unspecified atom stereocenters. The van der Waals surface area contributed by atoms with Gasteiger partial charge < -0.3 is 5.32 Å². The van der Waals surface area contributed by atoms with Crippen LogP contribution < -0.4 is 5.32 Å². The van der Waals surface area contributed by atoms with Gasteiger partial charge >= 0.3 is 0 Å². The summed E-state index contributed by atoms with van der Waals surface area (Å²) in [5, 5.41) is 5.61. The zero-order chi connectivity index (χ0) is 18.7. The van der Waals surface area contributed by atoms with Crippen molar-refractivity contribution >= 4 is 50.5 Å². The lowest BCUT2D eigenvalue weighted by atomic mass is 9.99. The molecule has 0 aliphatic carbocycles. The van der Waals surface area contributed by atoms with Gasteiger partial charge in [0.2, 0.25) is 5.91 Å². The molecule has 140 valence electrons. The summed E-state index contributed by atoms with van der Waals surface area (Å²) < 4.78 is 27.0. The van der Waals surface area contributed by atoms with E-state index in [2.05, 4.69) is 5.32 Å². The lowest BCUT2D eigenvalue weighted by Gasteiger charge is -2.30. The van der Waals surface area contributed by atoms with E-state index in [0.717, 1.165) is 5.56 Å². The van der Waals surface area contributed by atoms with Crippen molar-refractivity contribution in [2.75, 3.05) is 13.1 Å². The first-order valence-electron chi connectivity index (χ1n) is 8.13. The Hall–Kier alpha value is -1.12. The smallest absolute Gasteiger partial charge is 0.252 e. The van der Waals surface area contributed by atoms with Gasteiger partial charge in [0.25, 0.3) is 10.0 Å². The normalized spacial score (nSPS) is 18.6. The molecule has 1 aromatic carbocycles. The van der Waals surface area contributed by atoms with Gasteiger partial charge in [0.05, 0.1) is 5.92 Å². The van der Waals surface area contributed by atoms with E-state index < -0.39 is 10.0 Å². The molecule has 0 saturated carbocycles. The van der Waals surface area contributed by atoms with Crippen molar-refractivity contribution in [1.29, 1.82) is 0 Å². The summed E-state index contributed by atoms with van der Waals surface area (Å²) in [4.78, 5) is 12.5. The molecule has 3 rings (SSSR count). The van der Waals surface area contributed by atoms with Crippen LogP contribution in [0.4, 0.5) is 0 Å². The molecule has 1 fully saturated rings. The number of thiophene rings is 1. The number of hydrogen-bond donors (Lipinski definition) is 1. The zero-order valence-corrected chi connectivity index (χ0v) is 17.0. The van der Waals surface area contributed by atoms with E-state index in [0.29, 0.717) is 33.6 Å². The van der Waals surface area contributed by atoms with Crippen molar-refractivity contribution in [3.05, 3.63) is 51.3 Å². The van der Waals surface area contributed by atoms with E-state index >= 15 is 0 Å². The maximum absolute atomic E-state index is 12.6. The average molecular weight is 433 g/mol. The van der Waals surface area contributed by atoms with Gasteiger partial charge in [-0.25, -0.2) is 8.42 Å². The van der Waals surface area contributed by atoms with E-state index in [-0.39, 0.29) is 24.9 Å². The number of carbonyl (C=O) groups is 1. The standard InChI is InChI=1S/C17H18Cl2N2O3S2/c18-14-6-5-12(15(19)9-14)10-20-17(22)13-3-1-7-21(11-13)26(23,24)16-4-2-8-25-16/h2,4-6,8-9,13H,1,3,7,10-11H2,(H,20,22)/t13-/m0/s1. The van der Waals surface area contributed by atoms with E-state index in [9.17, 15) is 13.2 Å². The van der Waals surface area contributed by atoms with Crippen LogP contribution in [-0.4, -0.2) is 31.7 Å². The summed E-state index contributed by atoms with van der Waals surface area (Å²) in [7, 11) is -3.53. The molecule has 5 nitrogen and oxygen atoms in total. The van der Waals surface area contributed by atoms with Crippen LogP contribution in [0.25, 0.3) is 0 Å². The second-order valence-corrected chi connectivity index (χ2v) is 10.0. The van der Waals surface area contributed by atoms with Crippen molar-refractivity contribution < 1.29 is 13.2 Å². The molecule has 1 N–H and O–H groups in total. The second-order valence-electron chi connectivity index (χ2n) is 6.09. The summed E-state index contributed by atoms with van der Waals surface area (Å²) in [5.41, 5.74) is 0.767. The highest BCUT2D eigenvalue weighted by Crippen LogP contribution is 2.27. The van der Waals surface area contributed by atoms with Gasteiger partial charge in [-0.3, -0.25) is 4.79 Å². The fourth-order valence-electron chi connectivity index (χ4n) is 2.90. The predicted molar refractivity (Wildman–Crippen MR) is 104 cm³/mol. The molecular formula is C17H18Cl2N2O3S2. The molecule has 2 heterocycles. The fraction of sp³-hybridized carbons (Fsp3) is 0.353. The lowest BCUT2D eigenvalue weighted by molar-refractivity contribution is -0.126. The SMILES string of the molecule is O=C(NCc1ccc(Cl)cc1Cl)[C@H]1CCCN(S(=O)(=O)c2cccs2)C1. The first-order valence-corrected chi connectivity index (χ1v) is 11.2. The second kappa shape index (κ2) is 8.27. The molecule has 9 heteroatoms. The molecule has 1 aromatic heterocycles. The monoisotopic (exact) mass is 432 g/mol.